The van der Waals surface area contributed by atoms with E-state index in [1.165, 1.54) is 16.7 Å². The Morgan fingerprint density at radius 3 is 2.67 bits per heavy atom. The van der Waals surface area contributed by atoms with Crippen LogP contribution in [0.4, 0.5) is 0 Å². The summed E-state index contributed by atoms with van der Waals surface area (Å²) in [5.41, 5.74) is 2.52. The maximum atomic E-state index is 13.3. The topological polar surface area (TPSA) is 68.1 Å². The molecule has 0 radical (unpaired) electrons. The van der Waals surface area contributed by atoms with Crippen molar-refractivity contribution >= 4 is 35.2 Å². The number of carbonyl (C=O) groups is 2. The number of imide groups is 1. The molecule has 2 heterocycles. The zero-order valence-electron chi connectivity index (χ0n) is 16.5. The molecule has 1 saturated heterocycles. The van der Waals surface area contributed by atoms with E-state index >= 15 is 0 Å². The third-order valence-corrected chi connectivity index (χ3v) is 6.58. The summed E-state index contributed by atoms with van der Waals surface area (Å²) in [5.74, 6) is -0.471. The molecule has 0 N–H and O–H groups in total. The van der Waals surface area contributed by atoms with Gasteiger partial charge in [0.15, 0.2) is 5.16 Å². The number of carbonyl (C=O) groups excluding carboxylic acids is 2. The molecule has 6 nitrogen and oxygen atoms in total. The molecule has 30 heavy (non-hydrogen) atoms. The van der Waals surface area contributed by atoms with Crippen LogP contribution in [0.15, 0.2) is 60.0 Å². The Bertz CT molecular complexity index is 1070. The lowest BCUT2D eigenvalue weighted by Crippen LogP contribution is -2.41. The molecule has 4 rings (SSSR count). The molecule has 1 atom stereocenters. The molecule has 154 valence electrons. The molecular weight excluding hydrogens is 420 g/mol. The first-order valence-corrected chi connectivity index (χ1v) is 11.0. The highest BCUT2D eigenvalue weighted by Gasteiger charge is 2.33. The molecule has 1 aromatic heterocycles. The Hall–Kier alpha value is -2.64. The molecule has 1 fully saturated rings. The van der Waals surface area contributed by atoms with Crippen molar-refractivity contribution in [3.05, 3.63) is 71.0 Å². The maximum absolute atomic E-state index is 13.3. The highest BCUT2D eigenvalue weighted by molar-refractivity contribution is 8.00. The minimum atomic E-state index is -0.393. The van der Waals surface area contributed by atoms with E-state index in [1.54, 1.807) is 30.6 Å². The molecule has 0 bridgehead atoms. The van der Waals surface area contributed by atoms with E-state index in [9.17, 15) is 9.59 Å². The first kappa shape index (κ1) is 20.6. The van der Waals surface area contributed by atoms with Gasteiger partial charge in [-0.05, 0) is 55.7 Å². The van der Waals surface area contributed by atoms with Crippen LogP contribution < -0.4 is 0 Å². The van der Waals surface area contributed by atoms with Gasteiger partial charge in [-0.3, -0.25) is 19.1 Å². The highest BCUT2D eigenvalue weighted by Crippen LogP contribution is 2.31. The maximum Gasteiger partial charge on any atom is 0.260 e. The second-order valence-electron chi connectivity index (χ2n) is 7.17. The van der Waals surface area contributed by atoms with Gasteiger partial charge in [-0.1, -0.05) is 48.0 Å². The van der Waals surface area contributed by atoms with E-state index < -0.39 is 5.25 Å². The van der Waals surface area contributed by atoms with Gasteiger partial charge in [-0.2, -0.15) is 0 Å². The van der Waals surface area contributed by atoms with Gasteiger partial charge in [0.05, 0.1) is 10.9 Å². The zero-order chi connectivity index (χ0) is 21.1. The van der Waals surface area contributed by atoms with E-state index in [-0.39, 0.29) is 11.8 Å². The molecule has 0 spiro atoms. The average Bonchev–Trinajstić information content (AvgIpc) is 3.12. The van der Waals surface area contributed by atoms with Gasteiger partial charge in [0, 0.05) is 17.1 Å². The molecule has 0 saturated carbocycles. The summed E-state index contributed by atoms with van der Waals surface area (Å²) in [6.45, 7) is 2.44. The van der Waals surface area contributed by atoms with Crippen LogP contribution in [0.1, 0.15) is 35.2 Å². The SMILES string of the molecule is Cc1ccccc1-n1cnnc1SC1CCCCN(C(=O)c2ccc(Cl)cc2)C1=O. The van der Waals surface area contributed by atoms with E-state index in [2.05, 4.69) is 10.2 Å². The molecule has 8 heteroatoms. The Morgan fingerprint density at radius 2 is 1.90 bits per heavy atom. The number of likely N-dealkylation sites (tertiary alicyclic amines) is 1. The van der Waals surface area contributed by atoms with Gasteiger partial charge in [0.2, 0.25) is 5.91 Å². The first-order valence-electron chi connectivity index (χ1n) is 9.78. The largest absolute Gasteiger partial charge is 0.278 e. The zero-order valence-corrected chi connectivity index (χ0v) is 18.1. The molecule has 2 amide bonds. The van der Waals surface area contributed by atoms with E-state index in [0.717, 1.165) is 24.1 Å². The van der Waals surface area contributed by atoms with Gasteiger partial charge >= 0.3 is 0 Å². The number of nitrogens with zero attached hydrogens (tertiary/aromatic N) is 4. The average molecular weight is 441 g/mol. The monoisotopic (exact) mass is 440 g/mol. The number of halogens is 1. The summed E-state index contributed by atoms with van der Waals surface area (Å²) in [6.07, 6.45) is 4.00. The molecule has 0 aliphatic carbocycles. The molecule has 1 aliphatic rings. The van der Waals surface area contributed by atoms with Crippen LogP contribution in [0, 0.1) is 6.92 Å². The van der Waals surface area contributed by atoms with Gasteiger partial charge < -0.3 is 0 Å². The summed E-state index contributed by atoms with van der Waals surface area (Å²) in [6, 6.07) is 14.6. The predicted octanol–water partition coefficient (Wildman–Crippen LogP) is 4.54. The number of aryl methyl sites for hydroxylation is 1. The molecular formula is C22H21ClN4O2S. The number of aromatic nitrogens is 3. The summed E-state index contributed by atoms with van der Waals surface area (Å²) < 4.78 is 1.89. The number of benzene rings is 2. The molecule has 1 unspecified atom stereocenters. The summed E-state index contributed by atoms with van der Waals surface area (Å²) in [5, 5.41) is 9.09. The van der Waals surface area contributed by atoms with Crippen LogP contribution in [0.5, 0.6) is 0 Å². The lowest BCUT2D eigenvalue weighted by atomic mass is 10.2. The Kier molecular flexibility index (Phi) is 6.20. The van der Waals surface area contributed by atoms with E-state index in [4.69, 9.17) is 11.6 Å². The van der Waals surface area contributed by atoms with Crippen molar-refractivity contribution in [3.63, 3.8) is 0 Å². The number of rotatable bonds is 4. The van der Waals surface area contributed by atoms with Crippen LogP contribution in [0.2, 0.25) is 5.02 Å². The normalized spacial score (nSPS) is 17.1. The quantitative estimate of drug-likeness (QED) is 0.557. The molecule has 1 aliphatic heterocycles. The van der Waals surface area contributed by atoms with Crippen LogP contribution >= 0.6 is 23.4 Å². The van der Waals surface area contributed by atoms with Crippen LogP contribution in [0.3, 0.4) is 0 Å². The Morgan fingerprint density at radius 1 is 1.13 bits per heavy atom. The van der Waals surface area contributed by atoms with Crippen LogP contribution in [-0.4, -0.2) is 43.3 Å². The summed E-state index contributed by atoms with van der Waals surface area (Å²) in [4.78, 5) is 27.6. The second-order valence-corrected chi connectivity index (χ2v) is 8.78. The Labute approximate surface area is 184 Å². The number of amides is 2. The first-order chi connectivity index (χ1) is 14.5. The third kappa shape index (κ3) is 4.27. The van der Waals surface area contributed by atoms with Crippen LogP contribution in [-0.2, 0) is 4.79 Å². The fraction of sp³-hybridized carbons (Fsp3) is 0.273. The predicted molar refractivity (Wildman–Crippen MR) is 117 cm³/mol. The van der Waals surface area contributed by atoms with E-state index in [0.29, 0.717) is 28.7 Å². The van der Waals surface area contributed by atoms with Crippen molar-refractivity contribution in [3.8, 4) is 5.69 Å². The fourth-order valence-corrected chi connectivity index (χ4v) is 4.74. The minimum absolute atomic E-state index is 0.184. The van der Waals surface area contributed by atoms with Crippen molar-refractivity contribution in [2.45, 2.75) is 36.6 Å². The van der Waals surface area contributed by atoms with Crippen molar-refractivity contribution < 1.29 is 9.59 Å². The van der Waals surface area contributed by atoms with Crippen molar-refractivity contribution in [1.29, 1.82) is 0 Å². The van der Waals surface area contributed by atoms with Crippen molar-refractivity contribution in [2.24, 2.45) is 0 Å². The second kappa shape index (κ2) is 9.02. The lowest BCUT2D eigenvalue weighted by Gasteiger charge is -2.22. The molecule has 3 aromatic rings. The summed E-state index contributed by atoms with van der Waals surface area (Å²) >= 11 is 7.29. The smallest absolute Gasteiger partial charge is 0.260 e. The van der Waals surface area contributed by atoms with Crippen molar-refractivity contribution in [2.75, 3.05) is 6.54 Å². The number of hydrogen-bond donors (Lipinski definition) is 0. The lowest BCUT2D eigenvalue weighted by molar-refractivity contribution is -0.127. The van der Waals surface area contributed by atoms with Crippen LogP contribution in [0.25, 0.3) is 5.69 Å². The number of thioether (sulfide) groups is 1. The Balaban J connectivity index is 1.57. The fourth-order valence-electron chi connectivity index (χ4n) is 3.50. The van der Waals surface area contributed by atoms with E-state index in [1.807, 2.05) is 35.8 Å². The number of hydrogen-bond acceptors (Lipinski definition) is 5. The highest BCUT2D eigenvalue weighted by atomic mass is 35.5. The van der Waals surface area contributed by atoms with Gasteiger partial charge in [0.25, 0.3) is 5.91 Å². The number of para-hydroxylation sites is 1. The van der Waals surface area contributed by atoms with Gasteiger partial charge in [-0.15, -0.1) is 10.2 Å². The summed E-state index contributed by atoms with van der Waals surface area (Å²) in [7, 11) is 0. The van der Waals surface area contributed by atoms with Crippen molar-refractivity contribution in [1.82, 2.24) is 19.7 Å². The standard InChI is InChI=1S/C22H21ClN4O2S/c1-15-6-2-3-7-18(15)27-14-24-25-22(27)30-19-8-4-5-13-26(21(19)29)20(28)16-9-11-17(23)12-10-16/h2-3,6-7,9-12,14,19H,4-5,8,13H2,1H3. The van der Waals surface area contributed by atoms with Gasteiger partial charge in [0.1, 0.15) is 6.33 Å². The van der Waals surface area contributed by atoms with Gasteiger partial charge in [-0.25, -0.2) is 0 Å². The molecule has 2 aromatic carbocycles. The minimum Gasteiger partial charge on any atom is -0.278 e. The third-order valence-electron chi connectivity index (χ3n) is 5.11.